The fourth-order valence-electron chi connectivity index (χ4n) is 3.79. The fraction of sp³-hybridized carbons (Fsp3) is 0.591. The Balaban J connectivity index is 1.51. The maximum Gasteiger partial charge on any atom is 0.161 e. The third-order valence-electron chi connectivity index (χ3n) is 5.34. The number of nitrogens with zero attached hydrogens (tertiary/aromatic N) is 3. The van der Waals surface area contributed by atoms with Gasteiger partial charge in [-0.2, -0.15) is 5.10 Å². The number of piperidine rings is 1. The van der Waals surface area contributed by atoms with Gasteiger partial charge >= 0.3 is 0 Å². The normalized spacial score (nSPS) is 16.0. The minimum atomic E-state index is -0.506. The predicted octanol–water partition coefficient (Wildman–Crippen LogP) is 2.25. The number of aliphatic hydroxyl groups excluding tert-OH is 1. The van der Waals surface area contributed by atoms with E-state index in [2.05, 4.69) is 15.3 Å². The van der Waals surface area contributed by atoms with Crippen molar-refractivity contribution in [3.05, 3.63) is 41.2 Å². The third-order valence-corrected chi connectivity index (χ3v) is 5.34. The topological polar surface area (TPSA) is 71.8 Å². The minimum absolute atomic E-state index is 0.263. The van der Waals surface area contributed by atoms with E-state index in [0.29, 0.717) is 24.6 Å². The Labute approximate surface area is 173 Å². The number of hydrogen-bond donors (Lipinski definition) is 2. The van der Waals surface area contributed by atoms with E-state index in [-0.39, 0.29) is 6.61 Å². The molecule has 0 saturated carbocycles. The van der Waals surface area contributed by atoms with Crippen molar-refractivity contribution < 1.29 is 14.6 Å². The lowest BCUT2D eigenvalue weighted by Crippen LogP contribution is -2.38. The molecule has 2 aromatic rings. The van der Waals surface area contributed by atoms with Crippen molar-refractivity contribution in [3.8, 4) is 11.5 Å². The fourth-order valence-corrected chi connectivity index (χ4v) is 3.79. The third kappa shape index (κ3) is 6.45. The molecule has 0 spiro atoms. The lowest BCUT2D eigenvalue weighted by atomic mass is 10.1. The Morgan fingerprint density at radius 1 is 1.17 bits per heavy atom. The van der Waals surface area contributed by atoms with Crippen molar-refractivity contribution >= 4 is 0 Å². The Kier molecular flexibility index (Phi) is 7.91. The van der Waals surface area contributed by atoms with Gasteiger partial charge in [-0.15, -0.1) is 0 Å². The second kappa shape index (κ2) is 10.6. The molecule has 1 atom stereocenters. The number of β-amino-alcohol motifs (C(OH)–C–C–N with tert-alkyl or cyclic N) is 1. The molecule has 7 nitrogen and oxygen atoms in total. The summed E-state index contributed by atoms with van der Waals surface area (Å²) in [6.07, 6.45) is 5.26. The summed E-state index contributed by atoms with van der Waals surface area (Å²) in [7, 11) is 3.57. The van der Waals surface area contributed by atoms with E-state index < -0.39 is 6.10 Å². The monoisotopic (exact) mass is 402 g/mol. The Morgan fingerprint density at radius 3 is 2.66 bits per heavy atom. The number of methoxy groups -OCH3 is 1. The van der Waals surface area contributed by atoms with E-state index in [4.69, 9.17) is 9.47 Å². The van der Waals surface area contributed by atoms with Crippen molar-refractivity contribution in [1.29, 1.82) is 0 Å². The van der Waals surface area contributed by atoms with Crippen LogP contribution in [0.1, 0.15) is 36.1 Å². The predicted molar refractivity (Wildman–Crippen MR) is 113 cm³/mol. The summed E-state index contributed by atoms with van der Waals surface area (Å²) in [4.78, 5) is 2.32. The highest BCUT2D eigenvalue weighted by atomic mass is 16.5. The van der Waals surface area contributed by atoms with Gasteiger partial charge in [0.25, 0.3) is 0 Å². The molecule has 1 fully saturated rings. The summed E-state index contributed by atoms with van der Waals surface area (Å²) in [5.74, 6) is 1.35. The molecule has 1 aromatic carbocycles. The number of aromatic nitrogens is 2. The quantitative estimate of drug-likeness (QED) is 0.635. The lowest BCUT2D eigenvalue weighted by molar-refractivity contribution is 0.0608. The van der Waals surface area contributed by atoms with E-state index in [1.165, 1.54) is 24.8 Å². The average Bonchev–Trinajstić information content (AvgIpc) is 3.04. The zero-order chi connectivity index (χ0) is 20.6. The van der Waals surface area contributed by atoms with Crippen LogP contribution in [0, 0.1) is 6.92 Å². The summed E-state index contributed by atoms with van der Waals surface area (Å²) >= 11 is 0. The molecule has 1 aliphatic heterocycles. The van der Waals surface area contributed by atoms with Gasteiger partial charge in [-0.1, -0.05) is 12.5 Å². The van der Waals surface area contributed by atoms with Gasteiger partial charge in [-0.05, 0) is 50.6 Å². The molecule has 2 N–H and O–H groups in total. The van der Waals surface area contributed by atoms with Crippen molar-refractivity contribution in [1.82, 2.24) is 20.0 Å². The van der Waals surface area contributed by atoms with Gasteiger partial charge in [0.1, 0.15) is 12.7 Å². The van der Waals surface area contributed by atoms with Gasteiger partial charge < -0.3 is 24.8 Å². The van der Waals surface area contributed by atoms with Crippen LogP contribution in [0.5, 0.6) is 11.5 Å². The molecule has 160 valence electrons. The van der Waals surface area contributed by atoms with Gasteiger partial charge in [0.15, 0.2) is 11.5 Å². The van der Waals surface area contributed by atoms with Crippen LogP contribution in [0.2, 0.25) is 0 Å². The second-order valence-electron chi connectivity index (χ2n) is 7.83. The van der Waals surface area contributed by atoms with Crippen LogP contribution in [-0.2, 0) is 20.1 Å². The molecule has 0 bridgehead atoms. The maximum atomic E-state index is 10.4. The Hall–Kier alpha value is -2.09. The molecule has 0 radical (unpaired) electrons. The van der Waals surface area contributed by atoms with Crippen LogP contribution < -0.4 is 14.8 Å². The van der Waals surface area contributed by atoms with Gasteiger partial charge in [0.2, 0.25) is 0 Å². The van der Waals surface area contributed by atoms with Crippen LogP contribution in [0.25, 0.3) is 0 Å². The van der Waals surface area contributed by atoms with Crippen LogP contribution in [-0.4, -0.2) is 59.2 Å². The molecule has 1 saturated heterocycles. The average molecular weight is 403 g/mol. The maximum absolute atomic E-state index is 10.4. The number of aryl methyl sites for hydroxylation is 2. The number of rotatable bonds is 10. The Morgan fingerprint density at radius 2 is 1.97 bits per heavy atom. The summed E-state index contributed by atoms with van der Waals surface area (Å²) < 4.78 is 13.2. The minimum Gasteiger partial charge on any atom is -0.493 e. The zero-order valence-electron chi connectivity index (χ0n) is 17.9. The van der Waals surface area contributed by atoms with Crippen LogP contribution in [0.4, 0.5) is 0 Å². The summed E-state index contributed by atoms with van der Waals surface area (Å²) in [6.45, 7) is 6.55. The second-order valence-corrected chi connectivity index (χ2v) is 7.83. The van der Waals surface area contributed by atoms with E-state index in [1.54, 1.807) is 7.11 Å². The SMILES string of the molecule is COc1ccc(CNCc2cn(C)nc2C)cc1OC[C@@H](O)CN1CCCCC1. The van der Waals surface area contributed by atoms with Gasteiger partial charge in [-0.25, -0.2) is 0 Å². The molecular formula is C22H34N4O3. The van der Waals surface area contributed by atoms with E-state index in [0.717, 1.165) is 30.9 Å². The smallest absolute Gasteiger partial charge is 0.161 e. The molecule has 2 heterocycles. The highest BCUT2D eigenvalue weighted by molar-refractivity contribution is 5.43. The van der Waals surface area contributed by atoms with E-state index in [1.807, 2.05) is 43.0 Å². The first-order chi connectivity index (χ1) is 14.0. The molecule has 1 aliphatic rings. The van der Waals surface area contributed by atoms with Crippen molar-refractivity contribution in [2.24, 2.45) is 7.05 Å². The molecular weight excluding hydrogens is 368 g/mol. The summed E-state index contributed by atoms with van der Waals surface area (Å²) in [6, 6.07) is 5.92. The Bertz CT molecular complexity index is 771. The van der Waals surface area contributed by atoms with Gasteiger partial charge in [0, 0.05) is 38.4 Å². The highest BCUT2D eigenvalue weighted by Gasteiger charge is 2.16. The van der Waals surface area contributed by atoms with Crippen molar-refractivity contribution in [2.45, 2.75) is 45.4 Å². The van der Waals surface area contributed by atoms with Crippen molar-refractivity contribution in [2.75, 3.05) is 33.4 Å². The number of likely N-dealkylation sites (tertiary alicyclic amines) is 1. The first kappa shape index (κ1) is 21.6. The number of benzene rings is 1. The number of aliphatic hydroxyl groups is 1. The van der Waals surface area contributed by atoms with Crippen LogP contribution in [0.15, 0.2) is 24.4 Å². The summed E-state index contributed by atoms with van der Waals surface area (Å²) in [5.41, 5.74) is 3.34. The van der Waals surface area contributed by atoms with Crippen LogP contribution in [0.3, 0.4) is 0 Å². The lowest BCUT2D eigenvalue weighted by Gasteiger charge is -2.28. The molecule has 29 heavy (non-hydrogen) atoms. The standard InChI is InChI=1S/C22H34N4O3/c1-17-19(14-25(2)24-17)13-23-12-18-7-8-21(28-3)22(11-18)29-16-20(27)15-26-9-5-4-6-10-26/h7-8,11,14,20,23,27H,4-6,9-10,12-13,15-16H2,1-3H3/t20-/m0/s1. The first-order valence-corrected chi connectivity index (χ1v) is 10.4. The molecule has 3 rings (SSSR count). The van der Waals surface area contributed by atoms with Crippen LogP contribution >= 0.6 is 0 Å². The zero-order valence-corrected chi connectivity index (χ0v) is 17.9. The molecule has 0 aliphatic carbocycles. The molecule has 7 heteroatoms. The van der Waals surface area contributed by atoms with Gasteiger partial charge in [-0.3, -0.25) is 4.68 Å². The van der Waals surface area contributed by atoms with E-state index >= 15 is 0 Å². The highest BCUT2D eigenvalue weighted by Crippen LogP contribution is 2.28. The number of ether oxygens (including phenoxy) is 2. The number of hydrogen-bond acceptors (Lipinski definition) is 6. The molecule has 1 aromatic heterocycles. The van der Waals surface area contributed by atoms with E-state index in [9.17, 15) is 5.11 Å². The largest absolute Gasteiger partial charge is 0.493 e. The summed E-state index contributed by atoms with van der Waals surface area (Å²) in [5, 5.41) is 18.2. The van der Waals surface area contributed by atoms with Gasteiger partial charge in [0.05, 0.1) is 12.8 Å². The van der Waals surface area contributed by atoms with Crippen molar-refractivity contribution in [3.63, 3.8) is 0 Å². The molecule has 0 unspecified atom stereocenters. The first-order valence-electron chi connectivity index (χ1n) is 10.4. The molecule has 0 amide bonds. The number of nitrogens with one attached hydrogen (secondary N) is 1.